The standard InChI is InChI=1S/C18H13NO6/c1-10-15(24-14-9-5-4-8-13(14)23-10)18(22)25-19-16(20)11-6-2-3-7-12(11)17(19)21/h2-10,15H,1H3. The molecule has 2 unspecified atom stereocenters. The van der Waals surface area contributed by atoms with Crippen LogP contribution in [0.2, 0.25) is 0 Å². The fourth-order valence-electron chi connectivity index (χ4n) is 2.77. The average molecular weight is 339 g/mol. The van der Waals surface area contributed by atoms with Crippen LogP contribution in [0.1, 0.15) is 27.6 Å². The van der Waals surface area contributed by atoms with Crippen molar-refractivity contribution in [2.75, 3.05) is 0 Å². The highest BCUT2D eigenvalue weighted by molar-refractivity contribution is 6.20. The van der Waals surface area contributed by atoms with Crippen LogP contribution < -0.4 is 9.47 Å². The molecule has 0 aliphatic carbocycles. The molecule has 0 fully saturated rings. The van der Waals surface area contributed by atoms with Crippen molar-refractivity contribution < 1.29 is 28.7 Å². The second kappa shape index (κ2) is 5.62. The third-order valence-electron chi connectivity index (χ3n) is 4.01. The molecule has 7 nitrogen and oxygen atoms in total. The molecule has 2 heterocycles. The number of amides is 2. The molecule has 126 valence electrons. The van der Waals surface area contributed by atoms with Crippen LogP contribution in [-0.2, 0) is 9.63 Å². The summed E-state index contributed by atoms with van der Waals surface area (Å²) in [5.74, 6) is -1.33. The van der Waals surface area contributed by atoms with Crippen LogP contribution in [0.5, 0.6) is 11.5 Å². The number of imide groups is 1. The Kier molecular flexibility index (Phi) is 3.42. The molecular formula is C18H13NO6. The van der Waals surface area contributed by atoms with Crippen molar-refractivity contribution in [1.82, 2.24) is 5.06 Å². The summed E-state index contributed by atoms with van der Waals surface area (Å²) >= 11 is 0. The van der Waals surface area contributed by atoms with Crippen molar-refractivity contribution in [2.24, 2.45) is 0 Å². The molecular weight excluding hydrogens is 326 g/mol. The van der Waals surface area contributed by atoms with E-state index in [0.717, 1.165) is 0 Å². The predicted octanol–water partition coefficient (Wildman–Crippen LogP) is 1.97. The lowest BCUT2D eigenvalue weighted by Crippen LogP contribution is -2.47. The third kappa shape index (κ3) is 2.40. The summed E-state index contributed by atoms with van der Waals surface area (Å²) < 4.78 is 11.2. The Balaban J connectivity index is 1.54. The van der Waals surface area contributed by atoms with Crippen molar-refractivity contribution in [1.29, 1.82) is 0 Å². The number of fused-ring (bicyclic) bond motifs is 2. The van der Waals surface area contributed by atoms with Crippen LogP contribution in [0.15, 0.2) is 48.5 Å². The smallest absolute Gasteiger partial charge is 0.377 e. The first-order valence-electron chi connectivity index (χ1n) is 7.68. The zero-order chi connectivity index (χ0) is 17.6. The highest BCUT2D eigenvalue weighted by atomic mass is 16.7. The number of carbonyl (C=O) groups is 3. The highest BCUT2D eigenvalue weighted by Crippen LogP contribution is 2.34. The van der Waals surface area contributed by atoms with Crippen molar-refractivity contribution in [2.45, 2.75) is 19.1 Å². The number of hydrogen-bond acceptors (Lipinski definition) is 6. The van der Waals surface area contributed by atoms with Gasteiger partial charge in [-0.05, 0) is 31.2 Å². The Hall–Kier alpha value is -3.35. The van der Waals surface area contributed by atoms with E-state index in [1.54, 1.807) is 43.3 Å². The van der Waals surface area contributed by atoms with Gasteiger partial charge in [-0.3, -0.25) is 9.59 Å². The quantitative estimate of drug-likeness (QED) is 0.778. The zero-order valence-electron chi connectivity index (χ0n) is 13.2. The van der Waals surface area contributed by atoms with Gasteiger partial charge in [0.25, 0.3) is 11.8 Å². The summed E-state index contributed by atoms with van der Waals surface area (Å²) in [5.41, 5.74) is 0.388. The number of rotatable bonds is 2. The molecule has 4 rings (SSSR count). The van der Waals surface area contributed by atoms with Gasteiger partial charge in [-0.25, -0.2) is 4.79 Å². The van der Waals surface area contributed by atoms with Crippen LogP contribution in [0.4, 0.5) is 0 Å². The molecule has 2 atom stereocenters. The third-order valence-corrected chi connectivity index (χ3v) is 4.01. The van der Waals surface area contributed by atoms with Gasteiger partial charge in [0.2, 0.25) is 6.10 Å². The zero-order valence-corrected chi connectivity index (χ0v) is 13.2. The molecule has 2 aliphatic rings. The molecule has 0 saturated carbocycles. The molecule has 0 spiro atoms. The topological polar surface area (TPSA) is 82.1 Å². The molecule has 2 amide bonds. The van der Waals surface area contributed by atoms with Crippen LogP contribution in [-0.4, -0.2) is 35.1 Å². The lowest BCUT2D eigenvalue weighted by Gasteiger charge is -2.30. The van der Waals surface area contributed by atoms with E-state index in [1.165, 1.54) is 12.1 Å². The van der Waals surface area contributed by atoms with Gasteiger partial charge in [0.15, 0.2) is 11.5 Å². The molecule has 0 N–H and O–H groups in total. The summed E-state index contributed by atoms with van der Waals surface area (Å²) in [6.45, 7) is 1.64. The van der Waals surface area contributed by atoms with Gasteiger partial charge in [0.05, 0.1) is 11.1 Å². The van der Waals surface area contributed by atoms with Crippen molar-refractivity contribution in [3.63, 3.8) is 0 Å². The maximum absolute atomic E-state index is 12.4. The van der Waals surface area contributed by atoms with Crippen LogP contribution in [0.25, 0.3) is 0 Å². The maximum atomic E-state index is 12.4. The van der Waals surface area contributed by atoms with Crippen LogP contribution >= 0.6 is 0 Å². The number of carbonyl (C=O) groups excluding carboxylic acids is 3. The Morgan fingerprint density at radius 3 is 2.04 bits per heavy atom. The van der Waals surface area contributed by atoms with E-state index in [4.69, 9.17) is 14.3 Å². The molecule has 0 radical (unpaired) electrons. The van der Waals surface area contributed by atoms with E-state index >= 15 is 0 Å². The second-order valence-electron chi connectivity index (χ2n) is 5.67. The van der Waals surface area contributed by atoms with Gasteiger partial charge in [-0.15, -0.1) is 0 Å². The molecule has 0 aromatic heterocycles. The van der Waals surface area contributed by atoms with Gasteiger partial charge in [-0.2, -0.15) is 0 Å². The minimum absolute atomic E-state index is 0.194. The minimum Gasteiger partial charge on any atom is -0.482 e. The largest absolute Gasteiger partial charge is 0.482 e. The van der Waals surface area contributed by atoms with Gasteiger partial charge in [0.1, 0.15) is 6.10 Å². The van der Waals surface area contributed by atoms with Gasteiger partial charge >= 0.3 is 5.97 Å². The van der Waals surface area contributed by atoms with E-state index in [9.17, 15) is 14.4 Å². The van der Waals surface area contributed by atoms with E-state index in [0.29, 0.717) is 16.6 Å². The van der Waals surface area contributed by atoms with Gasteiger partial charge < -0.3 is 14.3 Å². The minimum atomic E-state index is -1.10. The first-order valence-corrected chi connectivity index (χ1v) is 7.68. The van der Waals surface area contributed by atoms with Crippen molar-refractivity contribution >= 4 is 17.8 Å². The number of hydrogen-bond donors (Lipinski definition) is 0. The molecule has 2 aromatic rings. The van der Waals surface area contributed by atoms with E-state index < -0.39 is 30.0 Å². The Morgan fingerprint density at radius 2 is 1.44 bits per heavy atom. The Morgan fingerprint density at radius 1 is 0.920 bits per heavy atom. The summed E-state index contributed by atoms with van der Waals surface area (Å²) in [7, 11) is 0. The van der Waals surface area contributed by atoms with Gasteiger partial charge in [-0.1, -0.05) is 29.3 Å². The summed E-state index contributed by atoms with van der Waals surface area (Å²) in [6, 6.07) is 13.2. The summed E-state index contributed by atoms with van der Waals surface area (Å²) in [4.78, 5) is 42.0. The summed E-state index contributed by atoms with van der Waals surface area (Å²) in [6.07, 6.45) is -1.74. The Bertz CT molecular complexity index is 858. The molecule has 2 aliphatic heterocycles. The molecule has 2 aromatic carbocycles. The number of para-hydroxylation sites is 2. The molecule has 7 heteroatoms. The SMILES string of the molecule is CC1Oc2ccccc2OC1C(=O)ON1C(=O)c2ccccc2C1=O. The number of ether oxygens (including phenoxy) is 2. The number of hydroxylamine groups is 2. The fraction of sp³-hybridized carbons (Fsp3) is 0.167. The van der Waals surface area contributed by atoms with E-state index in [2.05, 4.69) is 0 Å². The summed E-state index contributed by atoms with van der Waals surface area (Å²) in [5, 5.41) is 0.462. The average Bonchev–Trinajstić information content (AvgIpc) is 2.86. The Labute approximate surface area is 142 Å². The fourth-order valence-corrected chi connectivity index (χ4v) is 2.77. The van der Waals surface area contributed by atoms with Crippen molar-refractivity contribution in [3.05, 3.63) is 59.7 Å². The number of nitrogens with zero attached hydrogens (tertiary/aromatic N) is 1. The van der Waals surface area contributed by atoms with Crippen LogP contribution in [0, 0.1) is 0 Å². The van der Waals surface area contributed by atoms with Crippen LogP contribution in [0.3, 0.4) is 0 Å². The van der Waals surface area contributed by atoms with E-state index in [1.807, 2.05) is 0 Å². The highest BCUT2D eigenvalue weighted by Gasteiger charge is 2.42. The monoisotopic (exact) mass is 339 g/mol. The lowest BCUT2D eigenvalue weighted by molar-refractivity contribution is -0.182. The molecule has 0 bridgehead atoms. The first-order chi connectivity index (χ1) is 12.1. The maximum Gasteiger partial charge on any atom is 0.377 e. The molecule has 25 heavy (non-hydrogen) atoms. The van der Waals surface area contributed by atoms with Gasteiger partial charge in [0, 0.05) is 0 Å². The molecule has 0 saturated heterocycles. The normalized spacial score (nSPS) is 21.1. The number of benzene rings is 2. The lowest BCUT2D eigenvalue weighted by atomic mass is 10.1. The van der Waals surface area contributed by atoms with E-state index in [-0.39, 0.29) is 11.1 Å². The van der Waals surface area contributed by atoms with Crippen molar-refractivity contribution in [3.8, 4) is 11.5 Å². The predicted molar refractivity (Wildman–Crippen MR) is 84.0 cm³/mol. The first kappa shape index (κ1) is 15.2. The second-order valence-corrected chi connectivity index (χ2v) is 5.67.